The molecule has 16 heavy (non-hydrogen) atoms. The van der Waals surface area contributed by atoms with Gasteiger partial charge in [0.25, 0.3) is 0 Å². The zero-order valence-electron chi connectivity index (χ0n) is 10.6. The van der Waals surface area contributed by atoms with Gasteiger partial charge in [0, 0.05) is 24.7 Å². The fourth-order valence-corrected chi connectivity index (χ4v) is 2.23. The van der Waals surface area contributed by atoms with Crippen LogP contribution >= 0.6 is 0 Å². The van der Waals surface area contributed by atoms with Crippen LogP contribution in [0.1, 0.15) is 46.5 Å². The Morgan fingerprint density at radius 2 is 1.94 bits per heavy atom. The highest BCUT2D eigenvalue weighted by Crippen LogP contribution is 2.17. The summed E-state index contributed by atoms with van der Waals surface area (Å²) in [5.41, 5.74) is -0.316. The molecule has 2 N–H and O–H groups in total. The zero-order valence-corrected chi connectivity index (χ0v) is 10.6. The standard InChI is InChI=1S/C12H24N2O2/c1-12(2,3)14(11(15)16)9-8-13-10-6-4-5-7-10/h10,13H,4-9H2,1-3H3,(H,15,16). The van der Waals surface area contributed by atoms with Gasteiger partial charge >= 0.3 is 6.09 Å². The molecule has 0 unspecified atom stereocenters. The van der Waals surface area contributed by atoms with Crippen LogP contribution in [0, 0.1) is 0 Å². The number of amides is 1. The van der Waals surface area contributed by atoms with Gasteiger partial charge in [-0.2, -0.15) is 0 Å². The van der Waals surface area contributed by atoms with Gasteiger partial charge in [-0.1, -0.05) is 12.8 Å². The smallest absolute Gasteiger partial charge is 0.407 e. The van der Waals surface area contributed by atoms with Crippen molar-refractivity contribution in [1.29, 1.82) is 0 Å². The second-order valence-corrected chi connectivity index (χ2v) is 5.54. The van der Waals surface area contributed by atoms with Crippen molar-refractivity contribution < 1.29 is 9.90 Å². The molecule has 4 nitrogen and oxygen atoms in total. The molecular weight excluding hydrogens is 204 g/mol. The van der Waals surface area contributed by atoms with Crippen LogP contribution in [-0.2, 0) is 0 Å². The fourth-order valence-electron chi connectivity index (χ4n) is 2.23. The molecule has 1 amide bonds. The van der Waals surface area contributed by atoms with Gasteiger partial charge in [0.05, 0.1) is 0 Å². The van der Waals surface area contributed by atoms with E-state index in [2.05, 4.69) is 5.32 Å². The van der Waals surface area contributed by atoms with Crippen LogP contribution in [0.25, 0.3) is 0 Å². The van der Waals surface area contributed by atoms with E-state index in [4.69, 9.17) is 5.11 Å². The molecule has 0 aromatic carbocycles. The molecule has 0 aromatic heterocycles. The number of nitrogens with zero attached hydrogens (tertiary/aromatic N) is 1. The van der Waals surface area contributed by atoms with E-state index < -0.39 is 6.09 Å². The molecule has 1 aliphatic rings. The summed E-state index contributed by atoms with van der Waals surface area (Å²) >= 11 is 0. The molecule has 0 bridgehead atoms. The van der Waals surface area contributed by atoms with Crippen LogP contribution < -0.4 is 5.32 Å². The number of carboxylic acid groups (broad SMARTS) is 1. The van der Waals surface area contributed by atoms with E-state index in [9.17, 15) is 4.79 Å². The number of rotatable bonds is 4. The topological polar surface area (TPSA) is 52.6 Å². The molecule has 0 aromatic rings. The van der Waals surface area contributed by atoms with Gasteiger partial charge in [-0.25, -0.2) is 4.79 Å². The van der Waals surface area contributed by atoms with E-state index in [0.29, 0.717) is 12.6 Å². The van der Waals surface area contributed by atoms with Crippen molar-refractivity contribution in [2.45, 2.75) is 58.0 Å². The van der Waals surface area contributed by atoms with E-state index in [-0.39, 0.29) is 5.54 Å². The first-order valence-corrected chi connectivity index (χ1v) is 6.15. The SMILES string of the molecule is CC(C)(C)N(CCNC1CCCC1)C(=O)O. The minimum Gasteiger partial charge on any atom is -0.465 e. The Bertz CT molecular complexity index is 230. The predicted molar refractivity (Wildman–Crippen MR) is 64.7 cm³/mol. The summed E-state index contributed by atoms with van der Waals surface area (Å²) < 4.78 is 0. The van der Waals surface area contributed by atoms with Gasteiger partial charge < -0.3 is 15.3 Å². The molecule has 1 saturated carbocycles. The van der Waals surface area contributed by atoms with Gasteiger partial charge in [-0.05, 0) is 33.6 Å². The summed E-state index contributed by atoms with van der Waals surface area (Å²) in [4.78, 5) is 12.6. The maximum Gasteiger partial charge on any atom is 0.407 e. The van der Waals surface area contributed by atoms with Gasteiger partial charge in [0.1, 0.15) is 0 Å². The molecule has 0 spiro atoms. The van der Waals surface area contributed by atoms with Crippen LogP contribution in [0.15, 0.2) is 0 Å². The molecule has 94 valence electrons. The molecule has 1 fully saturated rings. The zero-order chi connectivity index (χ0) is 12.2. The first-order valence-electron chi connectivity index (χ1n) is 6.15. The maximum absolute atomic E-state index is 11.1. The number of hydrogen-bond donors (Lipinski definition) is 2. The average molecular weight is 228 g/mol. The van der Waals surface area contributed by atoms with Crippen molar-refractivity contribution in [2.24, 2.45) is 0 Å². The minimum absolute atomic E-state index is 0.316. The molecule has 0 aliphatic heterocycles. The second-order valence-electron chi connectivity index (χ2n) is 5.54. The van der Waals surface area contributed by atoms with Crippen molar-refractivity contribution in [1.82, 2.24) is 10.2 Å². The molecule has 0 atom stereocenters. The largest absolute Gasteiger partial charge is 0.465 e. The van der Waals surface area contributed by atoms with E-state index in [1.54, 1.807) is 0 Å². The van der Waals surface area contributed by atoms with Crippen molar-refractivity contribution in [3.05, 3.63) is 0 Å². The van der Waals surface area contributed by atoms with Crippen LogP contribution in [0.4, 0.5) is 4.79 Å². The highest BCUT2D eigenvalue weighted by Gasteiger charge is 2.25. The van der Waals surface area contributed by atoms with E-state index in [0.717, 1.165) is 6.54 Å². The molecule has 0 radical (unpaired) electrons. The van der Waals surface area contributed by atoms with E-state index in [1.807, 2.05) is 20.8 Å². The minimum atomic E-state index is -0.833. The van der Waals surface area contributed by atoms with Crippen molar-refractivity contribution in [3.63, 3.8) is 0 Å². The van der Waals surface area contributed by atoms with E-state index >= 15 is 0 Å². The quantitative estimate of drug-likeness (QED) is 0.776. The average Bonchev–Trinajstić information content (AvgIpc) is 2.61. The summed E-state index contributed by atoms with van der Waals surface area (Å²) in [5.74, 6) is 0. The Hall–Kier alpha value is -0.770. The fraction of sp³-hybridized carbons (Fsp3) is 0.917. The summed E-state index contributed by atoms with van der Waals surface area (Å²) in [6.07, 6.45) is 4.25. The maximum atomic E-state index is 11.1. The Labute approximate surface area is 98.0 Å². The highest BCUT2D eigenvalue weighted by atomic mass is 16.4. The molecule has 1 rings (SSSR count). The summed E-state index contributed by atoms with van der Waals surface area (Å²) in [5, 5.41) is 12.5. The van der Waals surface area contributed by atoms with Crippen LogP contribution in [0.5, 0.6) is 0 Å². The normalized spacial score (nSPS) is 17.7. The van der Waals surface area contributed by atoms with Gasteiger partial charge in [-0.15, -0.1) is 0 Å². The molecule has 4 heteroatoms. The monoisotopic (exact) mass is 228 g/mol. The Balaban J connectivity index is 2.30. The van der Waals surface area contributed by atoms with Crippen molar-refractivity contribution >= 4 is 6.09 Å². The highest BCUT2D eigenvalue weighted by molar-refractivity contribution is 5.65. The van der Waals surface area contributed by atoms with Crippen LogP contribution in [0.3, 0.4) is 0 Å². The Morgan fingerprint density at radius 3 is 2.38 bits per heavy atom. The Morgan fingerprint density at radius 1 is 1.38 bits per heavy atom. The van der Waals surface area contributed by atoms with Gasteiger partial charge in [0.15, 0.2) is 0 Å². The lowest BCUT2D eigenvalue weighted by atomic mass is 10.1. The van der Waals surface area contributed by atoms with Crippen molar-refractivity contribution in [3.8, 4) is 0 Å². The van der Waals surface area contributed by atoms with Gasteiger partial charge in [0.2, 0.25) is 0 Å². The molecule has 0 saturated heterocycles. The summed E-state index contributed by atoms with van der Waals surface area (Å²) in [7, 11) is 0. The Kier molecular flexibility index (Phi) is 4.59. The van der Waals surface area contributed by atoms with Crippen LogP contribution in [-0.4, -0.2) is 40.8 Å². The van der Waals surface area contributed by atoms with E-state index in [1.165, 1.54) is 30.6 Å². The van der Waals surface area contributed by atoms with Gasteiger partial charge in [-0.3, -0.25) is 0 Å². The lowest BCUT2D eigenvalue weighted by molar-refractivity contribution is 0.100. The summed E-state index contributed by atoms with van der Waals surface area (Å²) in [6.45, 7) is 7.10. The number of carbonyl (C=O) groups is 1. The second kappa shape index (κ2) is 5.53. The predicted octanol–water partition coefficient (Wildman–Crippen LogP) is 2.30. The third-order valence-electron chi connectivity index (χ3n) is 3.16. The lowest BCUT2D eigenvalue weighted by Crippen LogP contribution is -2.48. The summed E-state index contributed by atoms with van der Waals surface area (Å²) in [6, 6.07) is 0.607. The van der Waals surface area contributed by atoms with Crippen molar-refractivity contribution in [2.75, 3.05) is 13.1 Å². The third kappa shape index (κ3) is 4.00. The number of nitrogens with one attached hydrogen (secondary N) is 1. The first kappa shape index (κ1) is 13.3. The third-order valence-corrected chi connectivity index (χ3v) is 3.16. The molecule has 1 aliphatic carbocycles. The lowest BCUT2D eigenvalue weighted by Gasteiger charge is -2.33. The molecule has 0 heterocycles. The van der Waals surface area contributed by atoms with Crippen LogP contribution in [0.2, 0.25) is 0 Å². The first-order chi connectivity index (χ1) is 7.41. The molecular formula is C12H24N2O2. The number of hydrogen-bond acceptors (Lipinski definition) is 2.